The van der Waals surface area contributed by atoms with E-state index in [1.54, 1.807) is 11.3 Å². The molecule has 20 heavy (non-hydrogen) atoms. The van der Waals surface area contributed by atoms with E-state index < -0.39 is 11.9 Å². The molecule has 0 saturated carbocycles. The van der Waals surface area contributed by atoms with E-state index in [0.29, 0.717) is 6.42 Å². The molecule has 0 radical (unpaired) electrons. The molecular weight excluding hydrogens is 278 g/mol. The van der Waals surface area contributed by atoms with Gasteiger partial charge in [-0.1, -0.05) is 0 Å². The molecule has 2 N–H and O–H groups in total. The SMILES string of the molecule is O=C(O)C1CCc2sc(N3CCN(CCO)CC3)nc21. The van der Waals surface area contributed by atoms with Crippen molar-refractivity contribution in [3.05, 3.63) is 10.6 Å². The fraction of sp³-hybridized carbons (Fsp3) is 0.692. The molecule has 0 bridgehead atoms. The number of aryl methyl sites for hydroxylation is 1. The number of aliphatic hydroxyl groups is 1. The van der Waals surface area contributed by atoms with Crippen LogP contribution in [0.3, 0.4) is 0 Å². The minimum atomic E-state index is -0.756. The first-order valence-corrected chi connectivity index (χ1v) is 7.81. The summed E-state index contributed by atoms with van der Waals surface area (Å²) in [7, 11) is 0. The Hall–Kier alpha value is -1.18. The van der Waals surface area contributed by atoms with Crippen LogP contribution in [0.1, 0.15) is 22.9 Å². The molecule has 2 aliphatic rings. The van der Waals surface area contributed by atoms with Gasteiger partial charge in [0, 0.05) is 37.6 Å². The predicted octanol–water partition coefficient (Wildman–Crippen LogP) is 0.372. The average Bonchev–Trinajstić information content (AvgIpc) is 2.99. The van der Waals surface area contributed by atoms with Gasteiger partial charge in [0.25, 0.3) is 0 Å². The van der Waals surface area contributed by atoms with Crippen molar-refractivity contribution in [2.24, 2.45) is 0 Å². The first kappa shape index (κ1) is 13.8. The third-order valence-electron chi connectivity index (χ3n) is 4.06. The number of β-amino-alcohol motifs (C(OH)–C–C–N with tert-alkyl or cyclic N) is 1. The summed E-state index contributed by atoms with van der Waals surface area (Å²) in [5.41, 5.74) is 0.787. The molecule has 110 valence electrons. The van der Waals surface area contributed by atoms with E-state index in [1.165, 1.54) is 0 Å². The largest absolute Gasteiger partial charge is 0.481 e. The summed E-state index contributed by atoms with van der Waals surface area (Å²) >= 11 is 1.65. The van der Waals surface area contributed by atoms with Gasteiger partial charge in [-0.15, -0.1) is 11.3 Å². The van der Waals surface area contributed by atoms with Crippen LogP contribution in [0.5, 0.6) is 0 Å². The van der Waals surface area contributed by atoms with Crippen molar-refractivity contribution in [1.82, 2.24) is 9.88 Å². The highest BCUT2D eigenvalue weighted by molar-refractivity contribution is 7.15. The van der Waals surface area contributed by atoms with Crippen LogP contribution in [-0.2, 0) is 11.2 Å². The number of hydrogen-bond acceptors (Lipinski definition) is 6. The fourth-order valence-electron chi connectivity index (χ4n) is 2.89. The number of rotatable bonds is 4. The summed E-state index contributed by atoms with van der Waals surface area (Å²) in [5, 5.41) is 19.1. The Labute approximate surface area is 121 Å². The lowest BCUT2D eigenvalue weighted by atomic mass is 10.1. The molecule has 0 aromatic carbocycles. The van der Waals surface area contributed by atoms with E-state index in [0.717, 1.165) is 54.8 Å². The number of hydrogen-bond donors (Lipinski definition) is 2. The highest BCUT2D eigenvalue weighted by atomic mass is 32.1. The molecule has 2 heterocycles. The summed E-state index contributed by atoms with van der Waals surface area (Å²) in [6, 6.07) is 0. The number of piperazine rings is 1. The Morgan fingerprint density at radius 2 is 2.10 bits per heavy atom. The predicted molar refractivity (Wildman–Crippen MR) is 76.6 cm³/mol. The summed E-state index contributed by atoms with van der Waals surface area (Å²) in [6.45, 7) is 4.56. The number of aromatic nitrogens is 1. The third-order valence-corrected chi connectivity index (χ3v) is 5.26. The maximum Gasteiger partial charge on any atom is 0.312 e. The van der Waals surface area contributed by atoms with Gasteiger partial charge in [-0.3, -0.25) is 9.69 Å². The molecule has 0 spiro atoms. The number of aliphatic carboxylic acids is 1. The van der Waals surface area contributed by atoms with Crippen LogP contribution in [0, 0.1) is 0 Å². The summed E-state index contributed by atoms with van der Waals surface area (Å²) in [6.07, 6.45) is 1.53. The second-order valence-corrected chi connectivity index (χ2v) is 6.35. The molecule has 1 saturated heterocycles. The van der Waals surface area contributed by atoms with Crippen LogP contribution in [-0.4, -0.2) is 65.4 Å². The molecule has 1 atom stereocenters. The third kappa shape index (κ3) is 2.53. The van der Waals surface area contributed by atoms with Gasteiger partial charge in [0.2, 0.25) is 0 Å². The number of nitrogens with zero attached hydrogens (tertiary/aromatic N) is 3. The minimum absolute atomic E-state index is 0.200. The molecule has 1 aliphatic heterocycles. The molecule has 1 aromatic rings. The zero-order chi connectivity index (χ0) is 14.1. The Bertz CT molecular complexity index is 497. The van der Waals surface area contributed by atoms with Crippen molar-refractivity contribution in [2.75, 3.05) is 44.2 Å². The number of carboxylic acid groups (broad SMARTS) is 1. The molecule has 3 rings (SSSR count). The molecule has 1 aliphatic carbocycles. The first-order valence-electron chi connectivity index (χ1n) is 6.99. The van der Waals surface area contributed by atoms with E-state index in [2.05, 4.69) is 14.8 Å². The molecule has 1 unspecified atom stereocenters. The van der Waals surface area contributed by atoms with Gasteiger partial charge in [0.05, 0.1) is 12.3 Å². The molecule has 1 fully saturated rings. The Balaban J connectivity index is 1.68. The lowest BCUT2D eigenvalue weighted by Crippen LogP contribution is -2.47. The smallest absolute Gasteiger partial charge is 0.312 e. The standard InChI is InChI=1S/C13H19N3O3S/c17-8-7-15-3-5-16(6-4-15)13-14-11-9(12(18)19)1-2-10(11)20-13/h9,17H,1-8H2,(H,18,19). The van der Waals surface area contributed by atoms with E-state index in [4.69, 9.17) is 5.11 Å². The molecule has 0 amide bonds. The molecular formula is C13H19N3O3S. The van der Waals surface area contributed by atoms with Crippen LogP contribution in [0.15, 0.2) is 0 Å². The minimum Gasteiger partial charge on any atom is -0.481 e. The lowest BCUT2D eigenvalue weighted by Gasteiger charge is -2.34. The second kappa shape index (κ2) is 5.67. The normalized spacial score (nSPS) is 23.1. The number of aliphatic hydroxyl groups excluding tert-OH is 1. The fourth-order valence-corrected chi connectivity index (χ4v) is 4.08. The van der Waals surface area contributed by atoms with Gasteiger partial charge in [-0.25, -0.2) is 4.98 Å². The van der Waals surface area contributed by atoms with Crippen molar-refractivity contribution in [1.29, 1.82) is 0 Å². The number of carboxylic acids is 1. The number of anilines is 1. The van der Waals surface area contributed by atoms with Crippen molar-refractivity contribution < 1.29 is 15.0 Å². The Morgan fingerprint density at radius 1 is 1.35 bits per heavy atom. The molecule has 1 aromatic heterocycles. The Morgan fingerprint density at radius 3 is 2.75 bits per heavy atom. The highest BCUT2D eigenvalue weighted by Gasteiger charge is 2.33. The van der Waals surface area contributed by atoms with Crippen LogP contribution in [0.2, 0.25) is 0 Å². The van der Waals surface area contributed by atoms with Gasteiger partial charge in [-0.05, 0) is 12.8 Å². The summed E-state index contributed by atoms with van der Waals surface area (Å²) < 4.78 is 0. The van der Waals surface area contributed by atoms with E-state index >= 15 is 0 Å². The zero-order valence-corrected chi connectivity index (χ0v) is 12.1. The maximum absolute atomic E-state index is 11.2. The quantitative estimate of drug-likeness (QED) is 0.836. The van der Waals surface area contributed by atoms with Crippen LogP contribution in [0.25, 0.3) is 0 Å². The maximum atomic E-state index is 11.2. The van der Waals surface area contributed by atoms with Crippen LogP contribution < -0.4 is 4.90 Å². The van der Waals surface area contributed by atoms with Crippen molar-refractivity contribution >= 4 is 22.4 Å². The summed E-state index contributed by atoms with van der Waals surface area (Å²) in [4.78, 5) is 21.4. The first-order chi connectivity index (χ1) is 9.69. The topological polar surface area (TPSA) is 76.9 Å². The van der Waals surface area contributed by atoms with Crippen molar-refractivity contribution in [3.63, 3.8) is 0 Å². The average molecular weight is 297 g/mol. The zero-order valence-electron chi connectivity index (χ0n) is 11.3. The van der Waals surface area contributed by atoms with Gasteiger partial charge >= 0.3 is 5.97 Å². The second-order valence-electron chi connectivity index (χ2n) is 5.29. The van der Waals surface area contributed by atoms with Gasteiger partial charge in [0.1, 0.15) is 5.92 Å². The van der Waals surface area contributed by atoms with E-state index in [9.17, 15) is 9.90 Å². The van der Waals surface area contributed by atoms with Gasteiger partial charge in [-0.2, -0.15) is 0 Å². The summed E-state index contributed by atoms with van der Waals surface area (Å²) in [5.74, 6) is -1.17. The van der Waals surface area contributed by atoms with Gasteiger partial charge in [0.15, 0.2) is 5.13 Å². The van der Waals surface area contributed by atoms with Crippen LogP contribution >= 0.6 is 11.3 Å². The number of carbonyl (C=O) groups is 1. The van der Waals surface area contributed by atoms with Gasteiger partial charge < -0.3 is 15.1 Å². The van der Waals surface area contributed by atoms with Crippen molar-refractivity contribution in [2.45, 2.75) is 18.8 Å². The van der Waals surface area contributed by atoms with E-state index in [1.807, 2.05) is 0 Å². The lowest BCUT2D eigenvalue weighted by molar-refractivity contribution is -0.138. The monoisotopic (exact) mass is 297 g/mol. The highest BCUT2D eigenvalue weighted by Crippen LogP contribution is 2.39. The Kier molecular flexibility index (Phi) is 3.91. The van der Waals surface area contributed by atoms with Crippen LogP contribution in [0.4, 0.5) is 5.13 Å². The number of thiazole rings is 1. The van der Waals surface area contributed by atoms with Crippen molar-refractivity contribution in [3.8, 4) is 0 Å². The van der Waals surface area contributed by atoms with E-state index in [-0.39, 0.29) is 6.61 Å². The molecule has 7 heteroatoms. The number of fused-ring (bicyclic) bond motifs is 1. The molecule has 6 nitrogen and oxygen atoms in total.